The number of rotatable bonds is 3. The van der Waals surface area contributed by atoms with E-state index in [4.69, 9.17) is 0 Å². The van der Waals surface area contributed by atoms with Crippen molar-refractivity contribution in [2.24, 2.45) is 5.41 Å². The molecule has 0 amide bonds. The molecule has 98 valence electrons. The highest BCUT2D eigenvalue weighted by atomic mass is 16.4. The zero-order valence-corrected chi connectivity index (χ0v) is 11.3. The van der Waals surface area contributed by atoms with Crippen LogP contribution in [-0.4, -0.2) is 24.2 Å². The lowest BCUT2D eigenvalue weighted by Crippen LogP contribution is -2.32. The second-order valence-electron chi connectivity index (χ2n) is 5.75. The number of para-hydroxylation sites is 1. The number of hydrogen-bond acceptors (Lipinski definition) is 2. The summed E-state index contributed by atoms with van der Waals surface area (Å²) in [5.41, 5.74) is 1.88. The van der Waals surface area contributed by atoms with Gasteiger partial charge in [0.15, 0.2) is 0 Å². The summed E-state index contributed by atoms with van der Waals surface area (Å²) in [4.78, 5) is 13.5. The SMILES string of the molecule is CC(C)c1ccccc1N1CCC(C)(C(=O)O)C1. The van der Waals surface area contributed by atoms with Crippen LogP contribution in [0.3, 0.4) is 0 Å². The Morgan fingerprint density at radius 3 is 2.61 bits per heavy atom. The van der Waals surface area contributed by atoms with Crippen molar-refractivity contribution in [2.75, 3.05) is 18.0 Å². The van der Waals surface area contributed by atoms with Gasteiger partial charge in [-0.15, -0.1) is 0 Å². The number of aliphatic carboxylic acids is 1. The molecule has 1 unspecified atom stereocenters. The molecule has 0 aromatic heterocycles. The normalized spacial score (nSPS) is 23.7. The van der Waals surface area contributed by atoms with Gasteiger partial charge in [-0.05, 0) is 30.9 Å². The molecule has 1 aromatic rings. The molecule has 0 radical (unpaired) electrons. The van der Waals surface area contributed by atoms with Gasteiger partial charge in [-0.2, -0.15) is 0 Å². The number of hydrogen-bond donors (Lipinski definition) is 1. The smallest absolute Gasteiger partial charge is 0.311 e. The summed E-state index contributed by atoms with van der Waals surface area (Å²) in [6.07, 6.45) is 0.717. The number of anilines is 1. The van der Waals surface area contributed by atoms with Crippen LogP contribution in [0.5, 0.6) is 0 Å². The fourth-order valence-electron chi connectivity index (χ4n) is 2.60. The van der Waals surface area contributed by atoms with E-state index in [-0.39, 0.29) is 0 Å². The first kappa shape index (κ1) is 12.9. The molecule has 1 heterocycles. The highest BCUT2D eigenvalue weighted by Crippen LogP contribution is 2.36. The molecule has 3 nitrogen and oxygen atoms in total. The Morgan fingerprint density at radius 1 is 1.39 bits per heavy atom. The van der Waals surface area contributed by atoms with Gasteiger partial charge in [-0.3, -0.25) is 4.79 Å². The van der Waals surface area contributed by atoms with E-state index < -0.39 is 11.4 Å². The second kappa shape index (κ2) is 4.63. The highest BCUT2D eigenvalue weighted by molar-refractivity contribution is 5.76. The topological polar surface area (TPSA) is 40.5 Å². The second-order valence-corrected chi connectivity index (χ2v) is 5.75. The average molecular weight is 247 g/mol. The van der Waals surface area contributed by atoms with Gasteiger partial charge in [0.25, 0.3) is 0 Å². The lowest BCUT2D eigenvalue weighted by molar-refractivity contribution is -0.146. The largest absolute Gasteiger partial charge is 0.481 e. The Hall–Kier alpha value is -1.51. The Bertz CT molecular complexity index is 456. The van der Waals surface area contributed by atoms with Crippen LogP contribution in [0.1, 0.15) is 38.7 Å². The van der Waals surface area contributed by atoms with E-state index >= 15 is 0 Å². The predicted octanol–water partition coefficient (Wildman–Crippen LogP) is 3.11. The molecular weight excluding hydrogens is 226 g/mol. The molecule has 1 fully saturated rings. The minimum atomic E-state index is -0.688. The molecule has 1 atom stereocenters. The lowest BCUT2D eigenvalue weighted by Gasteiger charge is -2.25. The van der Waals surface area contributed by atoms with Gasteiger partial charge in [0.05, 0.1) is 5.41 Å². The maximum atomic E-state index is 11.3. The van der Waals surface area contributed by atoms with Gasteiger partial charge in [-0.25, -0.2) is 0 Å². The number of carboxylic acid groups (broad SMARTS) is 1. The van der Waals surface area contributed by atoms with Crippen LogP contribution >= 0.6 is 0 Å². The fraction of sp³-hybridized carbons (Fsp3) is 0.533. The third-order valence-electron chi connectivity index (χ3n) is 3.89. The van der Waals surface area contributed by atoms with Crippen LogP contribution in [-0.2, 0) is 4.79 Å². The summed E-state index contributed by atoms with van der Waals surface area (Å²) in [6, 6.07) is 8.31. The minimum absolute atomic E-state index is 0.456. The predicted molar refractivity (Wildman–Crippen MR) is 73.1 cm³/mol. The number of benzene rings is 1. The van der Waals surface area contributed by atoms with Gasteiger partial charge in [0.2, 0.25) is 0 Å². The summed E-state index contributed by atoms with van der Waals surface area (Å²) >= 11 is 0. The molecule has 1 aromatic carbocycles. The molecular formula is C15H21NO2. The van der Waals surface area contributed by atoms with Gasteiger partial charge in [0, 0.05) is 18.8 Å². The van der Waals surface area contributed by atoms with Gasteiger partial charge < -0.3 is 10.0 Å². The van der Waals surface area contributed by atoms with Gasteiger partial charge in [-0.1, -0.05) is 32.0 Å². The molecule has 1 saturated heterocycles. The molecule has 0 saturated carbocycles. The Labute approximate surface area is 108 Å². The first-order valence-corrected chi connectivity index (χ1v) is 6.51. The highest BCUT2D eigenvalue weighted by Gasteiger charge is 2.40. The summed E-state index contributed by atoms with van der Waals surface area (Å²) in [5, 5.41) is 9.29. The van der Waals surface area contributed by atoms with Crippen LogP contribution in [0.15, 0.2) is 24.3 Å². The third kappa shape index (κ3) is 2.22. The van der Waals surface area contributed by atoms with E-state index in [0.717, 1.165) is 13.0 Å². The van der Waals surface area contributed by atoms with E-state index in [0.29, 0.717) is 12.5 Å². The standard InChI is InChI=1S/C15H21NO2/c1-11(2)12-6-4-5-7-13(12)16-9-8-15(3,10-16)14(17)18/h4-7,11H,8-10H2,1-3H3,(H,17,18). The van der Waals surface area contributed by atoms with Crippen molar-refractivity contribution in [3.8, 4) is 0 Å². The van der Waals surface area contributed by atoms with Crippen molar-refractivity contribution >= 4 is 11.7 Å². The first-order chi connectivity index (χ1) is 8.44. The quantitative estimate of drug-likeness (QED) is 0.892. The maximum Gasteiger partial charge on any atom is 0.311 e. The molecule has 18 heavy (non-hydrogen) atoms. The van der Waals surface area contributed by atoms with Crippen molar-refractivity contribution in [3.05, 3.63) is 29.8 Å². The number of nitrogens with zero attached hydrogens (tertiary/aromatic N) is 1. The molecule has 1 N–H and O–H groups in total. The average Bonchev–Trinajstić information content (AvgIpc) is 2.73. The molecule has 0 aliphatic carbocycles. The fourth-order valence-corrected chi connectivity index (χ4v) is 2.60. The van der Waals surface area contributed by atoms with Crippen molar-refractivity contribution < 1.29 is 9.90 Å². The molecule has 0 bridgehead atoms. The van der Waals surface area contributed by atoms with E-state index in [9.17, 15) is 9.90 Å². The van der Waals surface area contributed by atoms with Crippen molar-refractivity contribution in [2.45, 2.75) is 33.1 Å². The zero-order chi connectivity index (χ0) is 13.3. The van der Waals surface area contributed by atoms with E-state index in [2.05, 4.69) is 30.9 Å². The van der Waals surface area contributed by atoms with Crippen molar-refractivity contribution in [3.63, 3.8) is 0 Å². The Kier molecular flexibility index (Phi) is 3.33. The zero-order valence-electron chi connectivity index (χ0n) is 11.3. The third-order valence-corrected chi connectivity index (χ3v) is 3.89. The molecule has 3 heteroatoms. The lowest BCUT2D eigenvalue weighted by atomic mass is 9.90. The van der Waals surface area contributed by atoms with E-state index in [1.165, 1.54) is 11.3 Å². The number of carbonyl (C=O) groups is 1. The molecule has 2 rings (SSSR count). The van der Waals surface area contributed by atoms with Crippen molar-refractivity contribution in [1.82, 2.24) is 0 Å². The maximum absolute atomic E-state index is 11.3. The molecule has 1 aliphatic heterocycles. The van der Waals surface area contributed by atoms with Crippen LogP contribution in [0.25, 0.3) is 0 Å². The van der Waals surface area contributed by atoms with Gasteiger partial charge >= 0.3 is 5.97 Å². The molecule has 0 spiro atoms. The van der Waals surface area contributed by atoms with E-state index in [1.807, 2.05) is 19.1 Å². The van der Waals surface area contributed by atoms with Gasteiger partial charge in [0.1, 0.15) is 0 Å². The Balaban J connectivity index is 2.27. The summed E-state index contributed by atoms with van der Waals surface area (Å²) in [7, 11) is 0. The summed E-state index contributed by atoms with van der Waals surface area (Å²) in [6.45, 7) is 7.61. The minimum Gasteiger partial charge on any atom is -0.481 e. The monoisotopic (exact) mass is 247 g/mol. The van der Waals surface area contributed by atoms with Crippen molar-refractivity contribution in [1.29, 1.82) is 0 Å². The summed E-state index contributed by atoms with van der Waals surface area (Å²) < 4.78 is 0. The Morgan fingerprint density at radius 2 is 2.06 bits per heavy atom. The van der Waals surface area contributed by atoms with Crippen LogP contribution in [0, 0.1) is 5.41 Å². The molecule has 1 aliphatic rings. The van der Waals surface area contributed by atoms with E-state index in [1.54, 1.807) is 0 Å². The first-order valence-electron chi connectivity index (χ1n) is 6.51. The summed E-state index contributed by atoms with van der Waals surface area (Å²) in [5.74, 6) is -0.232. The number of carboxylic acids is 1. The van der Waals surface area contributed by atoms with Crippen LogP contribution < -0.4 is 4.90 Å². The van der Waals surface area contributed by atoms with Crippen LogP contribution in [0.2, 0.25) is 0 Å². The van der Waals surface area contributed by atoms with Crippen LogP contribution in [0.4, 0.5) is 5.69 Å².